The van der Waals surface area contributed by atoms with Gasteiger partial charge in [-0.15, -0.1) is 0 Å². The molecule has 1 unspecified atom stereocenters. The summed E-state index contributed by atoms with van der Waals surface area (Å²) >= 11 is 3.73. The van der Waals surface area contributed by atoms with Gasteiger partial charge in [0.15, 0.2) is 0 Å². The van der Waals surface area contributed by atoms with E-state index in [9.17, 15) is 0 Å². The lowest BCUT2D eigenvalue weighted by Crippen LogP contribution is -2.23. The number of halogens is 1. The molecule has 1 aromatic rings. The number of rotatable bonds is 2. The van der Waals surface area contributed by atoms with Gasteiger partial charge in [-0.05, 0) is 67.8 Å². The molecule has 1 atom stereocenters. The van der Waals surface area contributed by atoms with Gasteiger partial charge < -0.3 is 5.32 Å². The zero-order chi connectivity index (χ0) is 11.0. The van der Waals surface area contributed by atoms with Gasteiger partial charge in [-0.2, -0.15) is 0 Å². The Bertz CT molecular complexity index is 394. The second kappa shape index (κ2) is 4.50. The summed E-state index contributed by atoms with van der Waals surface area (Å²) in [4.78, 5) is 0. The van der Waals surface area contributed by atoms with Crippen molar-refractivity contribution in [1.29, 1.82) is 0 Å². The molecule has 1 N–H and O–H groups in total. The Morgan fingerprint density at radius 2 is 2.19 bits per heavy atom. The number of aryl methyl sites for hydroxylation is 1. The Morgan fingerprint density at radius 1 is 1.25 bits per heavy atom. The van der Waals surface area contributed by atoms with Gasteiger partial charge in [0.1, 0.15) is 0 Å². The Balaban J connectivity index is 1.82. The molecule has 1 saturated heterocycles. The van der Waals surface area contributed by atoms with Crippen LogP contribution in [0.2, 0.25) is 0 Å². The summed E-state index contributed by atoms with van der Waals surface area (Å²) in [5.74, 6) is 0. The van der Waals surface area contributed by atoms with Crippen LogP contribution in [0.1, 0.15) is 36.0 Å². The lowest BCUT2D eigenvalue weighted by Gasteiger charge is -2.12. The van der Waals surface area contributed by atoms with Crippen molar-refractivity contribution in [3.05, 3.63) is 33.3 Å². The Morgan fingerprint density at radius 3 is 3.00 bits per heavy atom. The van der Waals surface area contributed by atoms with E-state index in [0.717, 1.165) is 0 Å². The molecule has 3 rings (SSSR count). The fraction of sp³-hybridized carbons (Fsp3) is 0.571. The molecule has 86 valence electrons. The largest absolute Gasteiger partial charge is 0.314 e. The van der Waals surface area contributed by atoms with Crippen LogP contribution in [0.3, 0.4) is 0 Å². The molecule has 1 nitrogen and oxygen atoms in total. The molecule has 1 aliphatic carbocycles. The second-order valence-corrected chi connectivity index (χ2v) is 5.92. The Hall–Kier alpha value is -0.340. The summed E-state index contributed by atoms with van der Waals surface area (Å²) < 4.78 is 1.34. The summed E-state index contributed by atoms with van der Waals surface area (Å²) in [7, 11) is 0. The van der Waals surface area contributed by atoms with E-state index in [-0.39, 0.29) is 0 Å². The molecular weight excluding hydrogens is 262 g/mol. The first-order valence-electron chi connectivity index (χ1n) is 6.36. The van der Waals surface area contributed by atoms with Crippen LogP contribution in [0.5, 0.6) is 0 Å². The maximum atomic E-state index is 3.73. The smallest absolute Gasteiger partial charge is 0.0212 e. The Kier molecular flexibility index (Phi) is 3.03. The summed E-state index contributed by atoms with van der Waals surface area (Å²) in [5.41, 5.74) is 4.65. The van der Waals surface area contributed by atoms with E-state index in [1.54, 1.807) is 11.1 Å². The molecular formula is C14H18BrN. The van der Waals surface area contributed by atoms with Crippen molar-refractivity contribution in [3.8, 4) is 0 Å². The topological polar surface area (TPSA) is 12.0 Å². The van der Waals surface area contributed by atoms with Crippen molar-refractivity contribution >= 4 is 15.9 Å². The van der Waals surface area contributed by atoms with Gasteiger partial charge in [-0.1, -0.05) is 22.0 Å². The zero-order valence-corrected chi connectivity index (χ0v) is 11.1. The van der Waals surface area contributed by atoms with Crippen molar-refractivity contribution in [2.45, 2.75) is 44.6 Å². The average molecular weight is 280 g/mol. The quantitative estimate of drug-likeness (QED) is 0.877. The van der Waals surface area contributed by atoms with E-state index in [4.69, 9.17) is 0 Å². The number of fused-ring (bicyclic) bond motifs is 1. The third-order valence-electron chi connectivity index (χ3n) is 3.87. The van der Waals surface area contributed by atoms with Crippen LogP contribution >= 0.6 is 15.9 Å². The highest BCUT2D eigenvalue weighted by Gasteiger charge is 2.18. The zero-order valence-electron chi connectivity index (χ0n) is 9.56. The number of hydrogen-bond acceptors (Lipinski definition) is 1. The first-order chi connectivity index (χ1) is 7.83. The summed E-state index contributed by atoms with van der Waals surface area (Å²) in [6.07, 6.45) is 7.76. The highest BCUT2D eigenvalue weighted by atomic mass is 79.9. The third-order valence-corrected chi connectivity index (χ3v) is 4.57. The van der Waals surface area contributed by atoms with Gasteiger partial charge in [-0.3, -0.25) is 0 Å². The molecule has 2 aliphatic rings. The predicted molar refractivity (Wildman–Crippen MR) is 70.9 cm³/mol. The van der Waals surface area contributed by atoms with E-state index in [1.165, 1.54) is 55.1 Å². The van der Waals surface area contributed by atoms with Gasteiger partial charge in [0.25, 0.3) is 0 Å². The molecule has 0 amide bonds. The fourth-order valence-electron chi connectivity index (χ4n) is 3.05. The van der Waals surface area contributed by atoms with Crippen LogP contribution < -0.4 is 5.32 Å². The minimum Gasteiger partial charge on any atom is -0.314 e. The summed E-state index contributed by atoms with van der Waals surface area (Å²) in [6.45, 7) is 1.21. The molecule has 0 spiro atoms. The van der Waals surface area contributed by atoms with Crippen molar-refractivity contribution < 1.29 is 0 Å². The van der Waals surface area contributed by atoms with Gasteiger partial charge in [0, 0.05) is 10.5 Å². The maximum Gasteiger partial charge on any atom is 0.0212 e. The molecule has 1 aliphatic heterocycles. The minimum absolute atomic E-state index is 0.714. The van der Waals surface area contributed by atoms with Crippen molar-refractivity contribution in [2.75, 3.05) is 6.54 Å². The average Bonchev–Trinajstić information content (AvgIpc) is 2.87. The molecule has 0 saturated carbocycles. The third kappa shape index (κ3) is 2.05. The van der Waals surface area contributed by atoms with Crippen LogP contribution in [0.25, 0.3) is 0 Å². The first kappa shape index (κ1) is 10.8. The molecule has 2 heteroatoms. The summed E-state index contributed by atoms with van der Waals surface area (Å²) in [6, 6.07) is 5.49. The van der Waals surface area contributed by atoms with E-state index in [2.05, 4.69) is 33.4 Å². The standard InChI is InChI=1S/C14H18BrN/c15-14-9-10(8-12-4-2-6-16-12)7-11-3-1-5-13(11)14/h7,9,12,16H,1-6,8H2. The number of benzene rings is 1. The van der Waals surface area contributed by atoms with Crippen LogP contribution in [0.15, 0.2) is 16.6 Å². The Labute approximate surface area is 106 Å². The fourth-order valence-corrected chi connectivity index (χ4v) is 3.79. The molecule has 0 radical (unpaired) electrons. The molecule has 0 bridgehead atoms. The highest BCUT2D eigenvalue weighted by Crippen LogP contribution is 2.31. The van der Waals surface area contributed by atoms with E-state index in [1.807, 2.05) is 0 Å². The van der Waals surface area contributed by atoms with E-state index >= 15 is 0 Å². The predicted octanol–water partition coefficient (Wildman–Crippen LogP) is 3.23. The monoisotopic (exact) mass is 279 g/mol. The normalized spacial score (nSPS) is 23.7. The van der Waals surface area contributed by atoms with E-state index in [0.29, 0.717) is 6.04 Å². The van der Waals surface area contributed by atoms with Crippen LogP contribution in [-0.2, 0) is 19.3 Å². The van der Waals surface area contributed by atoms with Crippen molar-refractivity contribution in [2.24, 2.45) is 0 Å². The lowest BCUT2D eigenvalue weighted by atomic mass is 10.0. The van der Waals surface area contributed by atoms with E-state index < -0.39 is 0 Å². The minimum atomic E-state index is 0.714. The lowest BCUT2D eigenvalue weighted by molar-refractivity contribution is 0.602. The van der Waals surface area contributed by atoms with Gasteiger partial charge in [0.2, 0.25) is 0 Å². The first-order valence-corrected chi connectivity index (χ1v) is 7.16. The molecule has 1 fully saturated rings. The van der Waals surface area contributed by atoms with Crippen LogP contribution in [0.4, 0.5) is 0 Å². The maximum absolute atomic E-state index is 3.73. The van der Waals surface area contributed by atoms with Crippen molar-refractivity contribution in [3.63, 3.8) is 0 Å². The highest BCUT2D eigenvalue weighted by molar-refractivity contribution is 9.10. The molecule has 1 heterocycles. The SMILES string of the molecule is Brc1cc(CC2CCCN2)cc2c1CCC2. The van der Waals surface area contributed by atoms with Crippen LogP contribution in [-0.4, -0.2) is 12.6 Å². The van der Waals surface area contributed by atoms with Gasteiger partial charge in [0.05, 0.1) is 0 Å². The van der Waals surface area contributed by atoms with Gasteiger partial charge in [-0.25, -0.2) is 0 Å². The van der Waals surface area contributed by atoms with Gasteiger partial charge >= 0.3 is 0 Å². The summed E-state index contributed by atoms with van der Waals surface area (Å²) in [5, 5.41) is 3.58. The molecule has 16 heavy (non-hydrogen) atoms. The number of nitrogens with one attached hydrogen (secondary N) is 1. The molecule has 0 aromatic heterocycles. The van der Waals surface area contributed by atoms with Crippen molar-refractivity contribution in [1.82, 2.24) is 5.32 Å². The number of hydrogen-bond donors (Lipinski definition) is 1. The second-order valence-electron chi connectivity index (χ2n) is 5.07. The molecule has 1 aromatic carbocycles. The van der Waals surface area contributed by atoms with Crippen LogP contribution in [0, 0.1) is 0 Å².